The van der Waals surface area contributed by atoms with E-state index in [0.717, 1.165) is 22.3 Å². The van der Waals surface area contributed by atoms with Gasteiger partial charge in [-0.2, -0.15) is 9.57 Å². The van der Waals surface area contributed by atoms with Gasteiger partial charge in [0, 0.05) is 55.9 Å². The van der Waals surface area contributed by atoms with E-state index in [1.54, 1.807) is 19.2 Å². The van der Waals surface area contributed by atoms with Crippen molar-refractivity contribution in [1.29, 1.82) is 5.26 Å². The highest BCUT2D eigenvalue weighted by molar-refractivity contribution is 7.91. The average molecular weight is 609 g/mol. The zero-order valence-electron chi connectivity index (χ0n) is 23.1. The number of rotatable bonds is 8. The lowest BCUT2D eigenvalue weighted by molar-refractivity contribution is 0.184. The van der Waals surface area contributed by atoms with Crippen LogP contribution in [0.25, 0.3) is 22.2 Å². The van der Waals surface area contributed by atoms with Crippen LogP contribution in [0, 0.1) is 18.3 Å². The number of thiazole rings is 1. The fourth-order valence-corrected chi connectivity index (χ4v) is 7.68. The molecule has 1 aliphatic rings. The third-order valence-corrected chi connectivity index (χ3v) is 10.2. The molecule has 1 saturated heterocycles. The van der Waals surface area contributed by atoms with Crippen molar-refractivity contribution in [2.24, 2.45) is 0 Å². The molecule has 0 spiro atoms. The summed E-state index contributed by atoms with van der Waals surface area (Å²) in [4.78, 5) is 35.1. The van der Waals surface area contributed by atoms with Crippen LogP contribution in [0.15, 0.2) is 41.0 Å². The zero-order chi connectivity index (χ0) is 29.9. The van der Waals surface area contributed by atoms with Gasteiger partial charge >= 0.3 is 6.09 Å². The summed E-state index contributed by atoms with van der Waals surface area (Å²) in [7, 11) is -2.53. The van der Waals surface area contributed by atoms with Crippen molar-refractivity contribution >= 4 is 49.3 Å². The molecular formula is C26H28N10O4S2. The van der Waals surface area contributed by atoms with E-state index in [4.69, 9.17) is 0 Å². The fourth-order valence-electron chi connectivity index (χ4n) is 4.72. The van der Waals surface area contributed by atoms with Crippen molar-refractivity contribution in [3.8, 4) is 17.3 Å². The Balaban J connectivity index is 1.23. The Morgan fingerprint density at radius 2 is 1.95 bits per heavy atom. The number of nitrogens with zero attached hydrogens (tertiary/aromatic N) is 8. The van der Waals surface area contributed by atoms with Crippen molar-refractivity contribution in [3.05, 3.63) is 48.3 Å². The Morgan fingerprint density at radius 1 is 1.17 bits per heavy atom. The Morgan fingerprint density at radius 3 is 2.69 bits per heavy atom. The molecule has 4 aromatic rings. The molecule has 0 aliphatic carbocycles. The minimum atomic E-state index is -3.76. The molecule has 218 valence electrons. The molecule has 1 aromatic carbocycles. The van der Waals surface area contributed by atoms with E-state index in [0.29, 0.717) is 55.4 Å². The molecule has 2 N–H and O–H groups in total. The fraction of sp³-hybridized carbons (Fsp3) is 0.346. The minimum Gasteiger partial charge on any atom is -0.453 e. The number of ether oxygens (including phenoxy) is 1. The van der Waals surface area contributed by atoms with E-state index in [1.807, 2.05) is 31.2 Å². The molecule has 4 heterocycles. The van der Waals surface area contributed by atoms with E-state index < -0.39 is 16.1 Å². The van der Waals surface area contributed by atoms with Crippen LogP contribution in [0.1, 0.15) is 18.4 Å². The van der Waals surface area contributed by atoms with Crippen LogP contribution in [0.3, 0.4) is 0 Å². The van der Waals surface area contributed by atoms with Crippen molar-refractivity contribution in [2.45, 2.75) is 24.1 Å². The number of anilines is 2. The van der Waals surface area contributed by atoms with Crippen LogP contribution in [-0.2, 0) is 14.8 Å². The summed E-state index contributed by atoms with van der Waals surface area (Å²) in [6.07, 6.45) is 2.33. The first-order valence-corrected chi connectivity index (χ1v) is 15.2. The van der Waals surface area contributed by atoms with Gasteiger partial charge in [-0.3, -0.25) is 10.2 Å². The molecule has 0 saturated carbocycles. The summed E-state index contributed by atoms with van der Waals surface area (Å²) in [5.41, 5.74) is 2.40. The number of para-hydroxylation sites is 1. The molecule has 14 nitrogen and oxygen atoms in total. The number of aryl methyl sites for hydroxylation is 1. The number of carbonyl (C=O) groups excluding carboxylic acids is 1. The van der Waals surface area contributed by atoms with Crippen LogP contribution < -0.4 is 10.6 Å². The molecule has 1 aliphatic heterocycles. The van der Waals surface area contributed by atoms with Gasteiger partial charge in [-0.15, -0.1) is 0 Å². The highest BCUT2D eigenvalue weighted by Crippen LogP contribution is 2.31. The molecular weight excluding hydrogens is 580 g/mol. The third kappa shape index (κ3) is 6.14. The van der Waals surface area contributed by atoms with Gasteiger partial charge in [-0.1, -0.05) is 23.5 Å². The summed E-state index contributed by atoms with van der Waals surface area (Å²) in [6.45, 7) is 6.09. The maximum Gasteiger partial charge on any atom is 0.413 e. The van der Waals surface area contributed by atoms with Crippen LogP contribution in [0.4, 0.5) is 15.7 Å². The number of nitrogens with one attached hydrogen (secondary N) is 2. The van der Waals surface area contributed by atoms with Gasteiger partial charge in [-0.05, 0) is 26.0 Å². The molecule has 0 bridgehead atoms. The number of sulfonamides is 1. The molecule has 3 aromatic heterocycles. The van der Waals surface area contributed by atoms with Crippen molar-refractivity contribution in [2.75, 3.05) is 50.5 Å². The zero-order valence-corrected chi connectivity index (χ0v) is 24.7. The SMILES string of the molecule is COC(=O)Nc1nc(C)c(S(=O)(=O)N2CCN(C[C@H](C)Nc3ncnc4c(-c5ccnc(C#N)n5)cccc34)CC2)s1. The van der Waals surface area contributed by atoms with Gasteiger partial charge in [0.05, 0.1) is 24.0 Å². The van der Waals surface area contributed by atoms with E-state index in [1.165, 1.54) is 17.7 Å². The molecule has 0 unspecified atom stereocenters. The maximum atomic E-state index is 13.3. The Hall–Kier alpha value is -4.30. The van der Waals surface area contributed by atoms with Gasteiger partial charge in [0.2, 0.25) is 5.82 Å². The number of fused-ring (bicyclic) bond motifs is 1. The number of aromatic nitrogens is 5. The van der Waals surface area contributed by atoms with Gasteiger partial charge < -0.3 is 10.1 Å². The van der Waals surface area contributed by atoms with Crippen molar-refractivity contribution < 1.29 is 17.9 Å². The van der Waals surface area contributed by atoms with Crippen LogP contribution in [0.5, 0.6) is 0 Å². The maximum absolute atomic E-state index is 13.3. The van der Waals surface area contributed by atoms with Crippen LogP contribution >= 0.6 is 11.3 Å². The molecule has 1 atom stereocenters. The Kier molecular flexibility index (Phi) is 8.54. The first-order chi connectivity index (χ1) is 20.2. The number of hydrogen-bond donors (Lipinski definition) is 2. The lowest BCUT2D eigenvalue weighted by atomic mass is 10.1. The number of piperazine rings is 1. The first kappa shape index (κ1) is 29.2. The second-order valence-electron chi connectivity index (χ2n) is 9.56. The number of carbonyl (C=O) groups is 1. The minimum absolute atomic E-state index is 0.00477. The van der Waals surface area contributed by atoms with E-state index in [9.17, 15) is 18.5 Å². The van der Waals surface area contributed by atoms with Crippen molar-refractivity contribution in [1.82, 2.24) is 34.1 Å². The van der Waals surface area contributed by atoms with Gasteiger partial charge in [0.1, 0.15) is 18.2 Å². The smallest absolute Gasteiger partial charge is 0.413 e. The number of nitriles is 1. The molecule has 0 radical (unpaired) electrons. The van der Waals surface area contributed by atoms with E-state index in [2.05, 4.69) is 45.2 Å². The first-order valence-electron chi connectivity index (χ1n) is 13.0. The summed E-state index contributed by atoms with van der Waals surface area (Å²) in [6, 6.07) is 9.41. The predicted molar refractivity (Wildman–Crippen MR) is 156 cm³/mol. The number of amides is 1. The summed E-state index contributed by atoms with van der Waals surface area (Å²) in [5.74, 6) is 0.753. The number of benzene rings is 1. The Bertz CT molecular complexity index is 1760. The predicted octanol–water partition coefficient (Wildman–Crippen LogP) is 2.71. The lowest BCUT2D eigenvalue weighted by Gasteiger charge is -2.35. The molecule has 5 rings (SSSR count). The molecule has 1 amide bonds. The number of methoxy groups -OCH3 is 1. The largest absolute Gasteiger partial charge is 0.453 e. The van der Waals surface area contributed by atoms with Crippen molar-refractivity contribution in [3.63, 3.8) is 0 Å². The summed E-state index contributed by atoms with van der Waals surface area (Å²) >= 11 is 0.909. The quantitative estimate of drug-likeness (QED) is 0.299. The summed E-state index contributed by atoms with van der Waals surface area (Å²) < 4.78 is 32.8. The van der Waals surface area contributed by atoms with Crippen LogP contribution in [0.2, 0.25) is 0 Å². The highest BCUT2D eigenvalue weighted by atomic mass is 32.2. The van der Waals surface area contributed by atoms with E-state index >= 15 is 0 Å². The molecule has 16 heteroatoms. The standard InChI is InChI=1S/C26H28N10O4S2/c1-16(31-23-19-6-4-5-18(22(19)29-15-30-23)20-7-8-28-21(13-27)33-20)14-35-9-11-36(12-10-35)42(38,39)24-17(2)32-25(41-24)34-26(37)40-3/h4-8,15-16H,9-12,14H2,1-3H3,(H,29,30,31)(H,32,34,37)/t16-/m0/s1. The normalized spacial score (nSPS) is 15.2. The second-order valence-corrected chi connectivity index (χ2v) is 12.7. The van der Waals surface area contributed by atoms with Gasteiger partial charge in [0.15, 0.2) is 9.34 Å². The van der Waals surface area contributed by atoms with E-state index in [-0.39, 0.29) is 21.2 Å². The molecule has 42 heavy (non-hydrogen) atoms. The lowest BCUT2D eigenvalue weighted by Crippen LogP contribution is -2.50. The van der Waals surface area contributed by atoms with Gasteiger partial charge in [0.25, 0.3) is 10.0 Å². The van der Waals surface area contributed by atoms with Crippen LogP contribution in [-0.4, -0.2) is 94.5 Å². The molecule has 1 fully saturated rings. The summed E-state index contributed by atoms with van der Waals surface area (Å²) in [5, 5.41) is 16.1. The van der Waals surface area contributed by atoms with Gasteiger partial charge in [-0.25, -0.2) is 38.1 Å². The third-order valence-electron chi connectivity index (χ3n) is 6.67. The topological polar surface area (TPSA) is 179 Å². The highest BCUT2D eigenvalue weighted by Gasteiger charge is 2.32. The average Bonchev–Trinajstić information content (AvgIpc) is 3.37. The second kappa shape index (κ2) is 12.3. The Labute approximate surface area is 246 Å². The number of hydrogen-bond acceptors (Lipinski definition) is 13. The monoisotopic (exact) mass is 608 g/mol.